The summed E-state index contributed by atoms with van der Waals surface area (Å²) in [7, 11) is 0. The van der Waals surface area contributed by atoms with Crippen molar-refractivity contribution in [1.29, 1.82) is 0 Å². The number of rotatable bonds is 5. The Labute approximate surface area is 173 Å². The summed E-state index contributed by atoms with van der Waals surface area (Å²) in [6.45, 7) is 1.93. The Balaban J connectivity index is 2.05. The van der Waals surface area contributed by atoms with Crippen LogP contribution in [0.1, 0.15) is 36.3 Å². The number of benzene rings is 1. The highest BCUT2D eigenvalue weighted by Crippen LogP contribution is 2.47. The number of halogens is 2. The molecular formula is C21H24BrClN2O2. The molecule has 4 nitrogen and oxygen atoms in total. The summed E-state index contributed by atoms with van der Waals surface area (Å²) in [5, 5.41) is 13.9. The van der Waals surface area contributed by atoms with Crippen molar-refractivity contribution in [2.45, 2.75) is 25.2 Å². The van der Waals surface area contributed by atoms with E-state index in [1.165, 1.54) is 11.8 Å². The standard InChI is InChI=1S/C21H24BrClN2O2/c22-15(12-24)2-1-3-18-19(21(26)27)11-14-10-16(23)4-5-17(14)20(18)13-6-8-25-9-7-13/h1,3-5,10-13,18,20,25H,2,6-9,24H2,(H,26,27)/b3-1-,15-12+. The molecule has 4 N–H and O–H groups in total. The highest BCUT2D eigenvalue weighted by atomic mass is 79.9. The number of carboxylic acid groups (broad SMARTS) is 1. The van der Waals surface area contributed by atoms with E-state index in [-0.39, 0.29) is 11.8 Å². The van der Waals surface area contributed by atoms with Gasteiger partial charge in [-0.15, -0.1) is 0 Å². The molecule has 3 rings (SSSR count). The summed E-state index contributed by atoms with van der Waals surface area (Å²) in [5.74, 6) is -0.482. The Kier molecular flexibility index (Phi) is 6.79. The van der Waals surface area contributed by atoms with Gasteiger partial charge < -0.3 is 16.2 Å². The Hall–Kier alpha value is -1.56. The predicted molar refractivity (Wildman–Crippen MR) is 114 cm³/mol. The van der Waals surface area contributed by atoms with Crippen LogP contribution in [0.5, 0.6) is 0 Å². The highest BCUT2D eigenvalue weighted by molar-refractivity contribution is 9.11. The number of carboxylic acids is 1. The summed E-state index contributed by atoms with van der Waals surface area (Å²) in [5.41, 5.74) is 8.07. The lowest BCUT2D eigenvalue weighted by atomic mass is 9.66. The number of fused-ring (bicyclic) bond motifs is 1. The zero-order chi connectivity index (χ0) is 19.4. The van der Waals surface area contributed by atoms with Gasteiger partial charge in [-0.3, -0.25) is 0 Å². The number of hydrogen-bond acceptors (Lipinski definition) is 3. The predicted octanol–water partition coefficient (Wildman–Crippen LogP) is 4.66. The van der Waals surface area contributed by atoms with E-state index in [9.17, 15) is 9.90 Å². The second-order valence-corrected chi connectivity index (χ2v) is 8.52. The van der Waals surface area contributed by atoms with Gasteiger partial charge in [0.15, 0.2) is 0 Å². The Morgan fingerprint density at radius 1 is 1.37 bits per heavy atom. The first kappa shape index (κ1) is 20.2. The average Bonchev–Trinajstić information content (AvgIpc) is 2.67. The summed E-state index contributed by atoms with van der Waals surface area (Å²) < 4.78 is 0.876. The van der Waals surface area contributed by atoms with Gasteiger partial charge in [0, 0.05) is 27.2 Å². The number of piperidine rings is 1. The molecule has 27 heavy (non-hydrogen) atoms. The first-order valence-corrected chi connectivity index (χ1v) is 10.4. The number of allylic oxidation sites excluding steroid dienone is 3. The van der Waals surface area contributed by atoms with Crippen molar-refractivity contribution < 1.29 is 9.90 Å². The van der Waals surface area contributed by atoms with Crippen molar-refractivity contribution in [3.63, 3.8) is 0 Å². The minimum Gasteiger partial charge on any atom is -0.478 e. The lowest BCUT2D eigenvalue weighted by Gasteiger charge is -2.39. The van der Waals surface area contributed by atoms with E-state index < -0.39 is 5.97 Å². The van der Waals surface area contributed by atoms with E-state index in [4.69, 9.17) is 17.3 Å². The highest BCUT2D eigenvalue weighted by Gasteiger charge is 2.38. The fourth-order valence-corrected chi connectivity index (χ4v) is 4.57. The third kappa shape index (κ3) is 4.65. The topological polar surface area (TPSA) is 75.4 Å². The first-order chi connectivity index (χ1) is 13.0. The second-order valence-electron chi connectivity index (χ2n) is 7.06. The molecule has 0 spiro atoms. The Bertz CT molecular complexity index is 797. The van der Waals surface area contributed by atoms with Crippen LogP contribution >= 0.6 is 27.5 Å². The van der Waals surface area contributed by atoms with Gasteiger partial charge >= 0.3 is 5.97 Å². The Morgan fingerprint density at radius 3 is 2.78 bits per heavy atom. The molecule has 0 aromatic heterocycles. The van der Waals surface area contributed by atoms with E-state index in [2.05, 4.69) is 27.3 Å². The molecule has 2 aliphatic rings. The molecule has 1 fully saturated rings. The third-order valence-corrected chi connectivity index (χ3v) is 6.26. The van der Waals surface area contributed by atoms with E-state index in [0.717, 1.165) is 36.0 Å². The van der Waals surface area contributed by atoms with Gasteiger partial charge in [-0.25, -0.2) is 4.79 Å². The number of carbonyl (C=O) groups is 1. The normalized spacial score (nSPS) is 23.9. The summed E-state index contributed by atoms with van der Waals surface area (Å²) in [6.07, 6.45) is 10.1. The summed E-state index contributed by atoms with van der Waals surface area (Å²) in [6, 6.07) is 5.85. The van der Waals surface area contributed by atoms with Crippen LogP contribution in [0.4, 0.5) is 0 Å². The van der Waals surface area contributed by atoms with Crippen molar-refractivity contribution in [2.24, 2.45) is 17.6 Å². The van der Waals surface area contributed by atoms with Crippen molar-refractivity contribution in [1.82, 2.24) is 5.32 Å². The fourth-order valence-electron chi connectivity index (χ4n) is 4.20. The van der Waals surface area contributed by atoms with Crippen LogP contribution in [0.3, 0.4) is 0 Å². The van der Waals surface area contributed by atoms with Crippen LogP contribution in [-0.4, -0.2) is 24.2 Å². The molecule has 1 saturated heterocycles. The van der Waals surface area contributed by atoms with Crippen LogP contribution in [0.25, 0.3) is 6.08 Å². The van der Waals surface area contributed by atoms with Crippen molar-refractivity contribution in [2.75, 3.05) is 13.1 Å². The van der Waals surface area contributed by atoms with Crippen molar-refractivity contribution in [3.05, 3.63) is 62.8 Å². The molecule has 0 radical (unpaired) electrons. The number of hydrogen-bond donors (Lipinski definition) is 3. The van der Waals surface area contributed by atoms with Gasteiger partial charge in [0.2, 0.25) is 0 Å². The van der Waals surface area contributed by atoms with Gasteiger partial charge in [-0.1, -0.05) is 45.7 Å². The minimum absolute atomic E-state index is 0.132. The van der Waals surface area contributed by atoms with E-state index in [0.29, 0.717) is 22.9 Å². The van der Waals surface area contributed by atoms with E-state index in [1.54, 1.807) is 6.08 Å². The van der Waals surface area contributed by atoms with Gasteiger partial charge in [-0.05, 0) is 73.5 Å². The SMILES string of the molecule is N/C=C(/Br)C/C=C\C1C(C(=O)O)=Cc2cc(Cl)ccc2C1C1CCNCC1. The van der Waals surface area contributed by atoms with Crippen molar-refractivity contribution >= 4 is 39.6 Å². The van der Waals surface area contributed by atoms with Crippen LogP contribution in [0.2, 0.25) is 5.02 Å². The lowest BCUT2D eigenvalue weighted by Crippen LogP contribution is -2.35. The second kappa shape index (κ2) is 9.09. The third-order valence-electron chi connectivity index (χ3n) is 5.44. The van der Waals surface area contributed by atoms with Crippen LogP contribution in [-0.2, 0) is 4.79 Å². The van der Waals surface area contributed by atoms with Gasteiger partial charge in [0.05, 0.1) is 0 Å². The first-order valence-electron chi connectivity index (χ1n) is 9.19. The van der Waals surface area contributed by atoms with E-state index >= 15 is 0 Å². The van der Waals surface area contributed by atoms with E-state index in [1.807, 2.05) is 24.3 Å². The number of nitrogens with two attached hydrogens (primary N) is 1. The zero-order valence-electron chi connectivity index (χ0n) is 15.0. The average molecular weight is 452 g/mol. The van der Waals surface area contributed by atoms with Crippen LogP contribution in [0.15, 0.2) is 46.6 Å². The molecule has 1 aliphatic heterocycles. The Morgan fingerprint density at radius 2 is 2.11 bits per heavy atom. The molecule has 144 valence electrons. The monoisotopic (exact) mass is 450 g/mol. The maximum Gasteiger partial charge on any atom is 0.332 e. The molecule has 0 saturated carbocycles. The number of nitrogens with one attached hydrogen (secondary N) is 1. The maximum absolute atomic E-state index is 12.1. The van der Waals surface area contributed by atoms with Crippen LogP contribution in [0, 0.1) is 11.8 Å². The molecule has 0 bridgehead atoms. The van der Waals surface area contributed by atoms with Crippen LogP contribution < -0.4 is 11.1 Å². The quantitative estimate of drug-likeness (QED) is 0.569. The largest absolute Gasteiger partial charge is 0.478 e. The molecule has 1 aromatic carbocycles. The van der Waals surface area contributed by atoms with Crippen molar-refractivity contribution in [3.8, 4) is 0 Å². The number of aliphatic carboxylic acids is 1. The molecule has 0 amide bonds. The summed E-state index contributed by atoms with van der Waals surface area (Å²) in [4.78, 5) is 12.1. The molecule has 2 atom stereocenters. The zero-order valence-corrected chi connectivity index (χ0v) is 17.3. The fraction of sp³-hybridized carbons (Fsp3) is 0.381. The summed E-state index contributed by atoms with van der Waals surface area (Å²) >= 11 is 9.59. The van der Waals surface area contributed by atoms with Gasteiger partial charge in [0.1, 0.15) is 0 Å². The molecule has 1 aliphatic carbocycles. The molecular weight excluding hydrogens is 428 g/mol. The van der Waals surface area contributed by atoms with Gasteiger partial charge in [0.25, 0.3) is 0 Å². The lowest BCUT2D eigenvalue weighted by molar-refractivity contribution is -0.133. The minimum atomic E-state index is -0.873. The van der Waals surface area contributed by atoms with Gasteiger partial charge in [-0.2, -0.15) is 0 Å². The molecule has 1 aromatic rings. The maximum atomic E-state index is 12.1. The smallest absolute Gasteiger partial charge is 0.332 e. The molecule has 1 heterocycles. The molecule has 2 unspecified atom stereocenters. The molecule has 6 heteroatoms.